The Morgan fingerprint density at radius 1 is 1.08 bits per heavy atom. The molecular weight excluding hydrogens is 328 g/mol. The zero-order chi connectivity index (χ0) is 18.1. The minimum atomic E-state index is 0.118. The van der Waals surface area contributed by atoms with Gasteiger partial charge < -0.3 is 25.3 Å². The van der Waals surface area contributed by atoms with Crippen LogP contribution in [-0.2, 0) is 0 Å². The first-order chi connectivity index (χ1) is 12.6. The van der Waals surface area contributed by atoms with E-state index < -0.39 is 0 Å². The molecule has 4 heterocycles. The van der Waals surface area contributed by atoms with E-state index in [1.807, 2.05) is 17.0 Å². The minimum absolute atomic E-state index is 0.118. The number of carbonyl (C=O) groups excluding carboxylic acids is 1. The molecule has 0 saturated carbocycles. The number of likely N-dealkylation sites (tertiary alicyclic amines) is 1. The Balaban J connectivity index is 1.36. The Morgan fingerprint density at radius 2 is 1.73 bits per heavy atom. The third-order valence-corrected chi connectivity index (χ3v) is 5.97. The molecule has 3 aliphatic rings. The predicted octanol–water partition coefficient (Wildman–Crippen LogP) is 0.0307. The van der Waals surface area contributed by atoms with Gasteiger partial charge in [-0.2, -0.15) is 0 Å². The smallest absolute Gasteiger partial charge is 0.255 e. The van der Waals surface area contributed by atoms with E-state index >= 15 is 0 Å². The lowest BCUT2D eigenvalue weighted by Gasteiger charge is -2.23. The van der Waals surface area contributed by atoms with Crippen LogP contribution >= 0.6 is 0 Å². The number of amides is 1. The van der Waals surface area contributed by atoms with E-state index in [1.54, 1.807) is 6.20 Å². The van der Waals surface area contributed by atoms with Crippen LogP contribution in [0.3, 0.4) is 0 Å². The van der Waals surface area contributed by atoms with Crippen molar-refractivity contribution in [3.8, 4) is 0 Å². The number of pyridine rings is 1. The van der Waals surface area contributed by atoms with Crippen LogP contribution in [0.5, 0.6) is 0 Å². The summed E-state index contributed by atoms with van der Waals surface area (Å²) in [6.45, 7) is 7.99. The van der Waals surface area contributed by atoms with Crippen LogP contribution in [0.4, 0.5) is 5.82 Å². The summed E-state index contributed by atoms with van der Waals surface area (Å²) in [4.78, 5) is 23.9. The van der Waals surface area contributed by atoms with E-state index in [-0.39, 0.29) is 5.91 Å². The number of nitrogens with zero attached hydrogens (tertiary/aromatic N) is 4. The molecule has 7 heteroatoms. The van der Waals surface area contributed by atoms with Gasteiger partial charge in [0.05, 0.1) is 11.6 Å². The molecule has 4 rings (SSSR count). The number of hydrogen-bond acceptors (Lipinski definition) is 6. The molecule has 0 unspecified atom stereocenters. The van der Waals surface area contributed by atoms with Crippen LogP contribution in [0.1, 0.15) is 10.4 Å². The number of anilines is 1. The second kappa shape index (κ2) is 7.50. The van der Waals surface area contributed by atoms with Gasteiger partial charge in [-0.1, -0.05) is 0 Å². The van der Waals surface area contributed by atoms with Crippen molar-refractivity contribution in [1.82, 2.24) is 25.0 Å². The summed E-state index contributed by atoms with van der Waals surface area (Å²) >= 11 is 0. The third-order valence-electron chi connectivity index (χ3n) is 5.97. The number of carbonyl (C=O) groups is 1. The van der Waals surface area contributed by atoms with Gasteiger partial charge >= 0.3 is 0 Å². The van der Waals surface area contributed by atoms with Gasteiger partial charge in [-0.3, -0.25) is 4.79 Å². The van der Waals surface area contributed by atoms with Gasteiger partial charge in [0, 0.05) is 58.6 Å². The Hall–Kier alpha value is -1.70. The standard InChI is InChI=1S/C19H30N6O/c1-23-5-6-24(2)13-17(12-23)22-18-4-3-14(9-21-18)19(26)25-10-15-7-20-8-16(15)11-25/h3-4,9,15-17,20H,5-8,10-13H2,1-2H3,(H,21,22)/t15-,16+. The van der Waals surface area contributed by atoms with Gasteiger partial charge in [-0.25, -0.2) is 4.98 Å². The van der Waals surface area contributed by atoms with Crippen molar-refractivity contribution in [3.05, 3.63) is 23.9 Å². The molecule has 26 heavy (non-hydrogen) atoms. The number of rotatable bonds is 3. The van der Waals surface area contributed by atoms with Gasteiger partial charge in [0.1, 0.15) is 5.82 Å². The van der Waals surface area contributed by atoms with E-state index in [0.29, 0.717) is 23.4 Å². The fraction of sp³-hybridized carbons (Fsp3) is 0.684. The van der Waals surface area contributed by atoms with Crippen LogP contribution in [-0.4, -0.2) is 98.1 Å². The van der Waals surface area contributed by atoms with Crippen molar-refractivity contribution < 1.29 is 4.79 Å². The molecule has 0 aromatic carbocycles. The lowest BCUT2D eigenvalue weighted by atomic mass is 10.0. The number of nitrogens with one attached hydrogen (secondary N) is 2. The van der Waals surface area contributed by atoms with E-state index in [2.05, 4.69) is 39.5 Å². The molecule has 1 aromatic rings. The largest absolute Gasteiger partial charge is 0.365 e. The fourth-order valence-electron chi connectivity index (χ4n) is 4.44. The van der Waals surface area contributed by atoms with Crippen LogP contribution < -0.4 is 10.6 Å². The maximum Gasteiger partial charge on any atom is 0.255 e. The van der Waals surface area contributed by atoms with Gasteiger partial charge in [0.25, 0.3) is 5.91 Å². The number of aromatic nitrogens is 1. The van der Waals surface area contributed by atoms with Crippen LogP contribution in [0.15, 0.2) is 18.3 Å². The molecule has 0 spiro atoms. The van der Waals surface area contributed by atoms with Gasteiger partial charge in [-0.15, -0.1) is 0 Å². The second-order valence-electron chi connectivity index (χ2n) is 8.19. The summed E-state index contributed by atoms with van der Waals surface area (Å²) in [7, 11) is 4.31. The van der Waals surface area contributed by atoms with Crippen molar-refractivity contribution in [2.75, 3.05) is 71.8 Å². The average Bonchev–Trinajstić information content (AvgIpc) is 3.18. The molecule has 2 N–H and O–H groups in total. The zero-order valence-corrected chi connectivity index (χ0v) is 15.8. The van der Waals surface area contributed by atoms with E-state index in [4.69, 9.17) is 0 Å². The highest BCUT2D eigenvalue weighted by Gasteiger charge is 2.38. The molecule has 3 aliphatic heterocycles. The topological polar surface area (TPSA) is 63.7 Å². The van der Waals surface area contributed by atoms with Gasteiger partial charge in [0.15, 0.2) is 0 Å². The molecule has 1 aromatic heterocycles. The number of hydrogen-bond donors (Lipinski definition) is 2. The average molecular weight is 358 g/mol. The van der Waals surface area contributed by atoms with E-state index in [0.717, 1.165) is 58.2 Å². The Morgan fingerprint density at radius 3 is 2.31 bits per heavy atom. The van der Waals surface area contributed by atoms with E-state index in [9.17, 15) is 4.79 Å². The second-order valence-corrected chi connectivity index (χ2v) is 8.19. The molecule has 1 amide bonds. The summed E-state index contributed by atoms with van der Waals surface area (Å²) in [6, 6.07) is 4.19. The highest BCUT2D eigenvalue weighted by molar-refractivity contribution is 5.94. The molecule has 142 valence electrons. The molecule has 3 fully saturated rings. The first-order valence-electron chi connectivity index (χ1n) is 9.68. The molecule has 0 aliphatic carbocycles. The molecule has 7 nitrogen and oxygen atoms in total. The summed E-state index contributed by atoms with van der Waals surface area (Å²) in [5, 5.41) is 6.94. The summed E-state index contributed by atoms with van der Waals surface area (Å²) < 4.78 is 0. The number of likely N-dealkylation sites (N-methyl/N-ethyl adjacent to an activating group) is 2. The fourth-order valence-corrected chi connectivity index (χ4v) is 4.44. The monoisotopic (exact) mass is 358 g/mol. The SMILES string of the molecule is CN1CCN(C)CC(Nc2ccc(C(=O)N3C[C@H]4CNC[C@H]4C3)cn2)C1. The predicted molar refractivity (Wildman–Crippen MR) is 102 cm³/mol. The van der Waals surface area contributed by atoms with E-state index in [1.165, 1.54) is 0 Å². The Bertz CT molecular complexity index is 611. The lowest BCUT2D eigenvalue weighted by Crippen LogP contribution is -2.37. The highest BCUT2D eigenvalue weighted by atomic mass is 16.2. The van der Waals surface area contributed by atoms with Crippen LogP contribution in [0.2, 0.25) is 0 Å². The van der Waals surface area contributed by atoms with Crippen molar-refractivity contribution in [2.45, 2.75) is 6.04 Å². The molecule has 3 saturated heterocycles. The quantitative estimate of drug-likeness (QED) is 0.795. The lowest BCUT2D eigenvalue weighted by molar-refractivity contribution is 0.0781. The molecule has 2 atom stereocenters. The van der Waals surface area contributed by atoms with Crippen molar-refractivity contribution in [3.63, 3.8) is 0 Å². The number of fused-ring (bicyclic) bond motifs is 1. The van der Waals surface area contributed by atoms with Crippen LogP contribution in [0.25, 0.3) is 0 Å². The van der Waals surface area contributed by atoms with Crippen molar-refractivity contribution >= 4 is 11.7 Å². The van der Waals surface area contributed by atoms with Crippen molar-refractivity contribution in [1.29, 1.82) is 0 Å². The Kier molecular flexibility index (Phi) is 5.11. The van der Waals surface area contributed by atoms with Crippen molar-refractivity contribution in [2.24, 2.45) is 11.8 Å². The maximum atomic E-state index is 12.7. The molecule has 0 radical (unpaired) electrons. The van der Waals surface area contributed by atoms with Gasteiger partial charge in [0.2, 0.25) is 0 Å². The third kappa shape index (κ3) is 3.84. The Labute approximate surface area is 155 Å². The molecular formula is C19H30N6O. The maximum absolute atomic E-state index is 12.7. The summed E-state index contributed by atoms with van der Waals surface area (Å²) in [5.74, 6) is 2.21. The first-order valence-corrected chi connectivity index (χ1v) is 9.68. The summed E-state index contributed by atoms with van der Waals surface area (Å²) in [6.07, 6.45) is 1.72. The highest BCUT2D eigenvalue weighted by Crippen LogP contribution is 2.27. The summed E-state index contributed by atoms with van der Waals surface area (Å²) in [5.41, 5.74) is 0.693. The normalized spacial score (nSPS) is 28.2. The minimum Gasteiger partial charge on any atom is -0.365 e. The first kappa shape index (κ1) is 17.7. The molecule has 0 bridgehead atoms. The van der Waals surface area contributed by atoms with Crippen LogP contribution in [0, 0.1) is 11.8 Å². The zero-order valence-electron chi connectivity index (χ0n) is 15.8. The van der Waals surface area contributed by atoms with Gasteiger partial charge in [-0.05, 0) is 38.1 Å².